The fraction of sp³-hybridized carbons (Fsp3) is 0.143. The Labute approximate surface area is 118 Å². The average molecular weight is 292 g/mol. The molecule has 0 aliphatic heterocycles. The number of nitrogens with two attached hydrogens (primary N) is 1. The normalized spacial score (nSPS) is 11.1. The molecule has 0 unspecified atom stereocenters. The van der Waals surface area contributed by atoms with E-state index in [-0.39, 0.29) is 4.90 Å². The zero-order valence-corrected chi connectivity index (χ0v) is 12.1. The molecule has 0 atom stereocenters. The van der Waals surface area contributed by atoms with Gasteiger partial charge in [0.2, 0.25) is 0 Å². The Bertz CT molecular complexity index is 679. The SMILES string of the molecule is COc1ccc(S(=O)(=O)N(C)c2ccc(N)cc2)cc1. The van der Waals surface area contributed by atoms with E-state index in [9.17, 15) is 8.42 Å². The molecule has 2 aromatic rings. The topological polar surface area (TPSA) is 72.6 Å². The summed E-state index contributed by atoms with van der Waals surface area (Å²) in [5, 5.41) is 0. The van der Waals surface area contributed by atoms with Gasteiger partial charge in [-0.3, -0.25) is 4.31 Å². The summed E-state index contributed by atoms with van der Waals surface area (Å²) in [6.07, 6.45) is 0. The molecule has 0 aliphatic rings. The van der Waals surface area contributed by atoms with Crippen LogP contribution >= 0.6 is 0 Å². The summed E-state index contributed by atoms with van der Waals surface area (Å²) in [6.45, 7) is 0. The summed E-state index contributed by atoms with van der Waals surface area (Å²) < 4.78 is 31.2. The van der Waals surface area contributed by atoms with Gasteiger partial charge in [0.05, 0.1) is 17.7 Å². The second-order valence-electron chi connectivity index (χ2n) is 4.24. The smallest absolute Gasteiger partial charge is 0.264 e. The van der Waals surface area contributed by atoms with Gasteiger partial charge in [0.15, 0.2) is 0 Å². The number of hydrogen-bond donors (Lipinski definition) is 1. The van der Waals surface area contributed by atoms with Gasteiger partial charge in [0, 0.05) is 12.7 Å². The van der Waals surface area contributed by atoms with Crippen molar-refractivity contribution in [3.8, 4) is 5.75 Å². The standard InChI is InChI=1S/C14H16N2O3S/c1-16(12-5-3-11(15)4-6-12)20(17,18)14-9-7-13(19-2)8-10-14/h3-10H,15H2,1-2H3. The van der Waals surface area contributed by atoms with Crippen molar-refractivity contribution in [1.29, 1.82) is 0 Å². The quantitative estimate of drug-likeness (QED) is 0.876. The van der Waals surface area contributed by atoms with Crippen LogP contribution in [-0.2, 0) is 10.0 Å². The van der Waals surface area contributed by atoms with Crippen molar-refractivity contribution in [2.75, 3.05) is 24.2 Å². The molecule has 0 saturated carbocycles. The summed E-state index contributed by atoms with van der Waals surface area (Å²) in [4.78, 5) is 0.206. The Morgan fingerprint density at radius 1 is 1.00 bits per heavy atom. The maximum atomic E-state index is 12.5. The number of benzene rings is 2. The van der Waals surface area contributed by atoms with Gasteiger partial charge in [-0.05, 0) is 48.5 Å². The molecule has 6 heteroatoms. The number of rotatable bonds is 4. The number of methoxy groups -OCH3 is 1. The van der Waals surface area contributed by atoms with Crippen LogP contribution in [0.15, 0.2) is 53.4 Å². The first kappa shape index (κ1) is 14.2. The van der Waals surface area contributed by atoms with Gasteiger partial charge in [0.1, 0.15) is 5.75 Å². The highest BCUT2D eigenvalue weighted by Gasteiger charge is 2.21. The van der Waals surface area contributed by atoms with Crippen molar-refractivity contribution in [3.05, 3.63) is 48.5 Å². The van der Waals surface area contributed by atoms with E-state index in [4.69, 9.17) is 10.5 Å². The highest BCUT2D eigenvalue weighted by atomic mass is 32.2. The first-order chi connectivity index (χ1) is 9.45. The Hall–Kier alpha value is -2.21. The molecule has 2 N–H and O–H groups in total. The van der Waals surface area contributed by atoms with Crippen LogP contribution in [0.4, 0.5) is 11.4 Å². The van der Waals surface area contributed by atoms with Gasteiger partial charge in [-0.15, -0.1) is 0 Å². The Balaban J connectivity index is 2.35. The van der Waals surface area contributed by atoms with E-state index in [0.29, 0.717) is 17.1 Å². The van der Waals surface area contributed by atoms with Crippen molar-refractivity contribution < 1.29 is 13.2 Å². The molecule has 0 radical (unpaired) electrons. The molecule has 0 fully saturated rings. The minimum absolute atomic E-state index is 0.206. The molecule has 2 rings (SSSR count). The van der Waals surface area contributed by atoms with Gasteiger partial charge < -0.3 is 10.5 Å². The molecule has 106 valence electrons. The van der Waals surface area contributed by atoms with E-state index in [1.165, 1.54) is 30.6 Å². The number of anilines is 2. The zero-order chi connectivity index (χ0) is 14.8. The van der Waals surface area contributed by atoms with E-state index in [1.807, 2.05) is 0 Å². The Morgan fingerprint density at radius 2 is 1.55 bits per heavy atom. The average Bonchev–Trinajstić information content (AvgIpc) is 2.47. The van der Waals surface area contributed by atoms with Gasteiger partial charge in [-0.2, -0.15) is 0 Å². The lowest BCUT2D eigenvalue weighted by Crippen LogP contribution is -2.26. The fourth-order valence-electron chi connectivity index (χ4n) is 1.73. The van der Waals surface area contributed by atoms with Crippen LogP contribution in [0.5, 0.6) is 5.75 Å². The van der Waals surface area contributed by atoms with Crippen molar-refractivity contribution in [2.24, 2.45) is 0 Å². The van der Waals surface area contributed by atoms with Crippen LogP contribution in [0, 0.1) is 0 Å². The first-order valence-electron chi connectivity index (χ1n) is 5.93. The molecule has 0 aliphatic carbocycles. The van der Waals surface area contributed by atoms with Crippen LogP contribution in [0.2, 0.25) is 0 Å². The van der Waals surface area contributed by atoms with Crippen LogP contribution in [0.3, 0.4) is 0 Å². The third-order valence-corrected chi connectivity index (χ3v) is 4.77. The molecule has 0 heterocycles. The third kappa shape index (κ3) is 2.70. The van der Waals surface area contributed by atoms with Gasteiger partial charge >= 0.3 is 0 Å². The van der Waals surface area contributed by atoms with Crippen LogP contribution < -0.4 is 14.8 Å². The predicted octanol–water partition coefficient (Wildman–Crippen LogP) is 2.10. The minimum Gasteiger partial charge on any atom is -0.497 e. The minimum atomic E-state index is -3.59. The lowest BCUT2D eigenvalue weighted by Gasteiger charge is -2.19. The second kappa shape index (κ2) is 5.42. The molecule has 0 spiro atoms. The van der Waals surface area contributed by atoms with Gasteiger partial charge in [-0.25, -0.2) is 8.42 Å². The number of ether oxygens (including phenoxy) is 1. The van der Waals surface area contributed by atoms with Crippen molar-refractivity contribution in [3.63, 3.8) is 0 Å². The summed E-state index contributed by atoms with van der Waals surface area (Å²) in [5.41, 5.74) is 6.74. The zero-order valence-electron chi connectivity index (χ0n) is 11.3. The molecule has 20 heavy (non-hydrogen) atoms. The molecule has 5 nitrogen and oxygen atoms in total. The van der Waals surface area contributed by atoms with Gasteiger partial charge in [-0.1, -0.05) is 0 Å². The highest BCUT2D eigenvalue weighted by molar-refractivity contribution is 7.92. The summed E-state index contributed by atoms with van der Waals surface area (Å²) in [6, 6.07) is 12.9. The summed E-state index contributed by atoms with van der Waals surface area (Å²) >= 11 is 0. The molecule has 0 saturated heterocycles. The molecule has 0 amide bonds. The van der Waals surface area contributed by atoms with Crippen LogP contribution in [0.25, 0.3) is 0 Å². The molecule has 2 aromatic carbocycles. The predicted molar refractivity (Wildman–Crippen MR) is 79.4 cm³/mol. The number of hydrogen-bond acceptors (Lipinski definition) is 4. The maximum absolute atomic E-state index is 12.5. The first-order valence-corrected chi connectivity index (χ1v) is 7.37. The monoisotopic (exact) mass is 292 g/mol. The third-order valence-electron chi connectivity index (χ3n) is 2.97. The van der Waals surface area contributed by atoms with E-state index in [1.54, 1.807) is 36.4 Å². The Kier molecular flexibility index (Phi) is 3.85. The summed E-state index contributed by atoms with van der Waals surface area (Å²) in [7, 11) is -0.556. The number of nitrogen functional groups attached to an aromatic ring is 1. The molecule has 0 bridgehead atoms. The van der Waals surface area contributed by atoms with E-state index in [0.717, 1.165) is 0 Å². The molecule has 0 aromatic heterocycles. The maximum Gasteiger partial charge on any atom is 0.264 e. The highest BCUT2D eigenvalue weighted by Crippen LogP contribution is 2.24. The van der Waals surface area contributed by atoms with Crippen molar-refractivity contribution >= 4 is 21.4 Å². The van der Waals surface area contributed by atoms with E-state index < -0.39 is 10.0 Å². The second-order valence-corrected chi connectivity index (χ2v) is 6.21. The Morgan fingerprint density at radius 3 is 2.05 bits per heavy atom. The largest absolute Gasteiger partial charge is 0.497 e. The number of sulfonamides is 1. The van der Waals surface area contributed by atoms with E-state index >= 15 is 0 Å². The van der Waals surface area contributed by atoms with Crippen molar-refractivity contribution in [2.45, 2.75) is 4.90 Å². The molecular weight excluding hydrogens is 276 g/mol. The lowest BCUT2D eigenvalue weighted by atomic mass is 10.3. The molecular formula is C14H16N2O3S. The van der Waals surface area contributed by atoms with Crippen molar-refractivity contribution in [1.82, 2.24) is 0 Å². The lowest BCUT2D eigenvalue weighted by molar-refractivity contribution is 0.414. The van der Waals surface area contributed by atoms with E-state index in [2.05, 4.69) is 0 Å². The van der Waals surface area contributed by atoms with Gasteiger partial charge in [0.25, 0.3) is 10.0 Å². The van der Waals surface area contributed by atoms with Crippen LogP contribution in [0.1, 0.15) is 0 Å². The fourth-order valence-corrected chi connectivity index (χ4v) is 2.92. The summed E-state index contributed by atoms with van der Waals surface area (Å²) in [5.74, 6) is 0.610. The van der Waals surface area contributed by atoms with Crippen LogP contribution in [-0.4, -0.2) is 22.6 Å². The number of nitrogens with zero attached hydrogens (tertiary/aromatic N) is 1.